The SMILES string of the molecule is N#CC(=Cc1ccc(-c2cc(Cl)cc(Cl)c2)o1)C(=O)Nc1sc2c(c1C(N)=O)CCCC2. The van der Waals surface area contributed by atoms with Gasteiger partial charge in [0.15, 0.2) is 0 Å². The van der Waals surface area contributed by atoms with E-state index in [2.05, 4.69) is 5.32 Å². The molecule has 0 saturated carbocycles. The van der Waals surface area contributed by atoms with Crippen molar-refractivity contribution in [2.75, 3.05) is 5.32 Å². The zero-order valence-corrected chi connectivity index (χ0v) is 19.0. The number of halogens is 2. The number of aryl methyl sites for hydroxylation is 1. The van der Waals surface area contributed by atoms with Crippen molar-refractivity contribution in [1.82, 2.24) is 0 Å². The molecule has 1 aliphatic carbocycles. The average Bonchev–Trinajstić information content (AvgIpc) is 3.35. The van der Waals surface area contributed by atoms with Crippen LogP contribution in [0.1, 0.15) is 39.4 Å². The van der Waals surface area contributed by atoms with Crippen LogP contribution < -0.4 is 11.1 Å². The monoisotopic (exact) mass is 485 g/mol. The molecule has 0 atom stereocenters. The molecular formula is C23H17Cl2N3O3S. The summed E-state index contributed by atoms with van der Waals surface area (Å²) in [5, 5.41) is 13.5. The lowest BCUT2D eigenvalue weighted by Crippen LogP contribution is -2.19. The molecule has 3 aromatic rings. The number of carbonyl (C=O) groups is 2. The summed E-state index contributed by atoms with van der Waals surface area (Å²) in [6.45, 7) is 0. The van der Waals surface area contributed by atoms with Crippen LogP contribution in [0.25, 0.3) is 17.4 Å². The van der Waals surface area contributed by atoms with Crippen LogP contribution in [-0.2, 0) is 17.6 Å². The molecule has 2 aromatic heterocycles. The average molecular weight is 486 g/mol. The molecule has 1 aromatic carbocycles. The summed E-state index contributed by atoms with van der Waals surface area (Å²) >= 11 is 13.4. The molecule has 162 valence electrons. The second-order valence-electron chi connectivity index (χ2n) is 7.26. The van der Waals surface area contributed by atoms with Crippen molar-refractivity contribution in [3.63, 3.8) is 0 Å². The molecular weight excluding hydrogens is 469 g/mol. The number of thiophene rings is 1. The number of primary amides is 1. The highest BCUT2D eigenvalue weighted by molar-refractivity contribution is 7.17. The number of benzene rings is 1. The van der Waals surface area contributed by atoms with Crippen LogP contribution in [0.15, 0.2) is 40.3 Å². The Kier molecular flexibility index (Phi) is 6.38. The number of hydrogen-bond acceptors (Lipinski definition) is 5. The minimum absolute atomic E-state index is 0.170. The van der Waals surface area contributed by atoms with Gasteiger partial charge in [0.25, 0.3) is 11.8 Å². The van der Waals surface area contributed by atoms with Crippen LogP contribution in [0.3, 0.4) is 0 Å². The first kappa shape index (κ1) is 22.2. The van der Waals surface area contributed by atoms with Crippen LogP contribution in [-0.4, -0.2) is 11.8 Å². The summed E-state index contributed by atoms with van der Waals surface area (Å²) in [5.74, 6) is -0.431. The maximum Gasteiger partial charge on any atom is 0.267 e. The first-order chi connectivity index (χ1) is 15.4. The molecule has 0 saturated heterocycles. The molecule has 32 heavy (non-hydrogen) atoms. The lowest BCUT2D eigenvalue weighted by molar-refractivity contribution is -0.112. The second kappa shape index (κ2) is 9.21. The van der Waals surface area contributed by atoms with Gasteiger partial charge in [-0.1, -0.05) is 23.2 Å². The third-order valence-corrected chi connectivity index (χ3v) is 6.71. The van der Waals surface area contributed by atoms with Gasteiger partial charge in [-0.3, -0.25) is 9.59 Å². The van der Waals surface area contributed by atoms with Crippen molar-refractivity contribution in [3.05, 3.63) is 67.7 Å². The summed E-state index contributed by atoms with van der Waals surface area (Å²) in [4.78, 5) is 25.8. The van der Waals surface area contributed by atoms with Gasteiger partial charge in [0, 0.05) is 26.6 Å². The van der Waals surface area contributed by atoms with Gasteiger partial charge in [0.05, 0.1) is 5.56 Å². The fraction of sp³-hybridized carbons (Fsp3) is 0.174. The van der Waals surface area contributed by atoms with E-state index in [1.807, 2.05) is 6.07 Å². The summed E-state index contributed by atoms with van der Waals surface area (Å²) < 4.78 is 5.74. The minimum Gasteiger partial charge on any atom is -0.457 e. The first-order valence-corrected chi connectivity index (χ1v) is 11.4. The molecule has 0 aliphatic heterocycles. The van der Waals surface area contributed by atoms with Gasteiger partial charge in [0.1, 0.15) is 28.2 Å². The lowest BCUT2D eigenvalue weighted by Gasteiger charge is -2.11. The highest BCUT2D eigenvalue weighted by Crippen LogP contribution is 2.38. The molecule has 2 heterocycles. The van der Waals surface area contributed by atoms with E-state index in [1.165, 1.54) is 17.4 Å². The Morgan fingerprint density at radius 1 is 1.16 bits per heavy atom. The normalized spacial score (nSPS) is 13.3. The number of carbonyl (C=O) groups excluding carboxylic acids is 2. The Balaban J connectivity index is 1.59. The summed E-state index contributed by atoms with van der Waals surface area (Å²) in [6.07, 6.45) is 4.94. The lowest BCUT2D eigenvalue weighted by atomic mass is 9.95. The Morgan fingerprint density at radius 2 is 1.88 bits per heavy atom. The third kappa shape index (κ3) is 4.58. The molecule has 4 rings (SSSR count). The topological polar surface area (TPSA) is 109 Å². The second-order valence-corrected chi connectivity index (χ2v) is 9.24. The van der Waals surface area contributed by atoms with Crippen molar-refractivity contribution in [2.24, 2.45) is 5.73 Å². The molecule has 0 bridgehead atoms. The third-order valence-electron chi connectivity index (χ3n) is 5.07. The van der Waals surface area contributed by atoms with E-state index in [-0.39, 0.29) is 5.57 Å². The van der Waals surface area contributed by atoms with E-state index in [1.54, 1.807) is 30.3 Å². The van der Waals surface area contributed by atoms with E-state index in [9.17, 15) is 14.9 Å². The summed E-state index contributed by atoms with van der Waals surface area (Å²) in [7, 11) is 0. The molecule has 9 heteroatoms. The molecule has 1 aliphatic rings. The van der Waals surface area contributed by atoms with E-state index >= 15 is 0 Å². The van der Waals surface area contributed by atoms with E-state index < -0.39 is 11.8 Å². The van der Waals surface area contributed by atoms with Gasteiger partial charge in [-0.2, -0.15) is 5.26 Å². The first-order valence-electron chi connectivity index (χ1n) is 9.79. The molecule has 0 radical (unpaired) electrons. The van der Waals surface area contributed by atoms with Gasteiger partial charge >= 0.3 is 0 Å². The number of nitriles is 1. The number of anilines is 1. The van der Waals surface area contributed by atoms with E-state index in [0.29, 0.717) is 37.7 Å². The molecule has 0 unspecified atom stereocenters. The fourth-order valence-electron chi connectivity index (χ4n) is 3.66. The molecule has 6 nitrogen and oxygen atoms in total. The zero-order valence-electron chi connectivity index (χ0n) is 16.7. The standard InChI is InChI=1S/C23H17Cl2N3O3S/c24-14-7-12(8-15(25)10-14)18-6-5-16(31-18)9-13(11-26)22(30)28-23-20(21(27)29)17-3-1-2-4-19(17)32-23/h5-10H,1-4H2,(H2,27,29)(H,28,30). The summed E-state index contributed by atoms with van der Waals surface area (Å²) in [5.41, 5.74) is 7.32. The Morgan fingerprint density at radius 3 is 2.56 bits per heavy atom. The van der Waals surface area contributed by atoms with E-state index in [4.69, 9.17) is 33.4 Å². The minimum atomic E-state index is -0.641. The van der Waals surface area contributed by atoms with Gasteiger partial charge in [0.2, 0.25) is 0 Å². The molecule has 0 fully saturated rings. The van der Waals surface area contributed by atoms with Crippen LogP contribution in [0.4, 0.5) is 5.00 Å². The maximum atomic E-state index is 12.8. The molecule has 2 amide bonds. The predicted octanol–water partition coefficient (Wildman–Crippen LogP) is 5.84. The molecule has 3 N–H and O–H groups in total. The predicted molar refractivity (Wildman–Crippen MR) is 126 cm³/mol. The van der Waals surface area contributed by atoms with Crippen molar-refractivity contribution >= 4 is 57.4 Å². The number of furan rings is 1. The number of nitrogens with zero attached hydrogens (tertiary/aromatic N) is 1. The maximum absolute atomic E-state index is 12.8. The fourth-order valence-corrected chi connectivity index (χ4v) is 5.47. The highest BCUT2D eigenvalue weighted by atomic mass is 35.5. The Labute approximate surface area is 198 Å². The number of amides is 2. The number of hydrogen-bond donors (Lipinski definition) is 2. The van der Waals surface area contributed by atoms with Crippen molar-refractivity contribution in [3.8, 4) is 17.4 Å². The smallest absolute Gasteiger partial charge is 0.267 e. The van der Waals surface area contributed by atoms with Crippen LogP contribution in [0, 0.1) is 11.3 Å². The number of rotatable bonds is 5. The number of nitrogens with one attached hydrogen (secondary N) is 1. The largest absolute Gasteiger partial charge is 0.457 e. The zero-order chi connectivity index (χ0) is 22.8. The van der Waals surface area contributed by atoms with Gasteiger partial charge in [-0.15, -0.1) is 11.3 Å². The quantitative estimate of drug-likeness (QED) is 0.349. The van der Waals surface area contributed by atoms with Gasteiger partial charge in [-0.05, 0) is 61.6 Å². The van der Waals surface area contributed by atoms with E-state index in [0.717, 1.165) is 36.1 Å². The van der Waals surface area contributed by atoms with Crippen LogP contribution in [0.2, 0.25) is 10.0 Å². The van der Waals surface area contributed by atoms with Crippen molar-refractivity contribution in [2.45, 2.75) is 25.7 Å². The van der Waals surface area contributed by atoms with Gasteiger partial charge in [-0.25, -0.2) is 0 Å². The van der Waals surface area contributed by atoms with Crippen molar-refractivity contribution in [1.29, 1.82) is 5.26 Å². The van der Waals surface area contributed by atoms with Crippen LogP contribution in [0.5, 0.6) is 0 Å². The van der Waals surface area contributed by atoms with Crippen LogP contribution >= 0.6 is 34.5 Å². The molecule has 0 spiro atoms. The Bertz CT molecular complexity index is 1280. The van der Waals surface area contributed by atoms with Crippen molar-refractivity contribution < 1.29 is 14.0 Å². The highest BCUT2D eigenvalue weighted by Gasteiger charge is 2.25. The Hall–Kier alpha value is -3.05. The van der Waals surface area contributed by atoms with Gasteiger partial charge < -0.3 is 15.5 Å². The number of fused-ring (bicyclic) bond motifs is 1. The summed E-state index contributed by atoms with van der Waals surface area (Å²) in [6, 6.07) is 10.2. The number of nitrogens with two attached hydrogens (primary N) is 1.